The number of aromatic carboxylic acids is 1. The Balaban J connectivity index is 1.79. The summed E-state index contributed by atoms with van der Waals surface area (Å²) in [7, 11) is 0. The number of carbonyl (C=O) groups is 2. The van der Waals surface area contributed by atoms with Crippen LogP contribution in [0.15, 0.2) is 30.5 Å². The maximum Gasteiger partial charge on any atom is 0.358 e. The summed E-state index contributed by atoms with van der Waals surface area (Å²) in [6, 6.07) is 6.61. The average molecular weight is 290 g/mol. The van der Waals surface area contributed by atoms with Crippen molar-refractivity contribution in [2.24, 2.45) is 0 Å². The maximum atomic E-state index is 11.7. The van der Waals surface area contributed by atoms with Crippen LogP contribution < -0.4 is 5.32 Å². The highest BCUT2D eigenvalue weighted by Gasteiger charge is 2.09. The molecule has 110 valence electrons. The lowest BCUT2D eigenvalue weighted by molar-refractivity contribution is -0.120. The van der Waals surface area contributed by atoms with Gasteiger partial charge in [0, 0.05) is 12.1 Å². The Hall–Kier alpha value is -2.90. The second-order valence-corrected chi connectivity index (χ2v) is 4.33. The van der Waals surface area contributed by atoms with Gasteiger partial charge in [0.2, 0.25) is 5.91 Å². The van der Waals surface area contributed by atoms with E-state index in [0.29, 0.717) is 12.1 Å². The number of phenolic OH excluding ortho intramolecular Hbond substituents is 1. The van der Waals surface area contributed by atoms with Gasteiger partial charge in [-0.15, -0.1) is 5.10 Å². The van der Waals surface area contributed by atoms with Gasteiger partial charge in [-0.1, -0.05) is 23.4 Å². The van der Waals surface area contributed by atoms with Gasteiger partial charge in [0.15, 0.2) is 5.69 Å². The fourth-order valence-electron chi connectivity index (χ4n) is 1.71. The van der Waals surface area contributed by atoms with Gasteiger partial charge in [0.1, 0.15) is 5.75 Å². The molecule has 0 fully saturated rings. The molecular formula is C13H14N4O4. The molecule has 21 heavy (non-hydrogen) atoms. The number of phenols is 1. The van der Waals surface area contributed by atoms with E-state index in [-0.39, 0.29) is 30.3 Å². The van der Waals surface area contributed by atoms with Crippen molar-refractivity contribution in [1.29, 1.82) is 0 Å². The van der Waals surface area contributed by atoms with Crippen LogP contribution in [-0.2, 0) is 17.8 Å². The fourth-order valence-corrected chi connectivity index (χ4v) is 1.71. The van der Waals surface area contributed by atoms with Crippen molar-refractivity contribution in [2.45, 2.75) is 13.0 Å². The molecule has 1 aromatic heterocycles. The highest BCUT2D eigenvalue weighted by atomic mass is 16.4. The Labute approximate surface area is 120 Å². The van der Waals surface area contributed by atoms with E-state index in [1.807, 2.05) is 0 Å². The second kappa shape index (κ2) is 6.51. The van der Waals surface area contributed by atoms with Crippen LogP contribution in [0.1, 0.15) is 16.1 Å². The maximum absolute atomic E-state index is 11.7. The first-order valence-electron chi connectivity index (χ1n) is 6.23. The Bertz CT molecular complexity index is 653. The molecule has 2 aromatic rings. The van der Waals surface area contributed by atoms with Crippen molar-refractivity contribution in [2.75, 3.05) is 6.54 Å². The van der Waals surface area contributed by atoms with Gasteiger partial charge in [-0.25, -0.2) is 9.48 Å². The summed E-state index contributed by atoms with van der Waals surface area (Å²) >= 11 is 0. The van der Waals surface area contributed by atoms with Crippen LogP contribution in [0.5, 0.6) is 5.75 Å². The number of aromatic nitrogens is 3. The molecule has 3 N–H and O–H groups in total. The molecule has 8 nitrogen and oxygen atoms in total. The number of hydrogen-bond acceptors (Lipinski definition) is 5. The van der Waals surface area contributed by atoms with Gasteiger partial charge in [0.05, 0.1) is 19.2 Å². The molecule has 0 spiro atoms. The minimum atomic E-state index is -1.15. The Kier molecular flexibility index (Phi) is 4.50. The Morgan fingerprint density at radius 2 is 2.05 bits per heavy atom. The molecule has 0 aliphatic rings. The number of benzene rings is 1. The summed E-state index contributed by atoms with van der Waals surface area (Å²) in [5.41, 5.74) is 0.402. The van der Waals surface area contributed by atoms with Crippen molar-refractivity contribution in [3.05, 3.63) is 41.7 Å². The predicted octanol–water partition coefficient (Wildman–Crippen LogP) is 0.0408. The number of amides is 1. The van der Waals surface area contributed by atoms with Gasteiger partial charge in [-0.3, -0.25) is 4.79 Å². The zero-order valence-corrected chi connectivity index (χ0v) is 11.1. The zero-order chi connectivity index (χ0) is 15.2. The molecule has 0 radical (unpaired) electrons. The molecule has 1 aromatic carbocycles. The lowest BCUT2D eigenvalue weighted by atomic mass is 10.1. The molecular weight excluding hydrogens is 276 g/mol. The van der Waals surface area contributed by atoms with E-state index in [4.69, 9.17) is 5.11 Å². The number of carbonyl (C=O) groups excluding carboxylic acids is 1. The number of carboxylic acid groups (broad SMARTS) is 1. The van der Waals surface area contributed by atoms with E-state index in [1.54, 1.807) is 18.2 Å². The topological polar surface area (TPSA) is 117 Å². The third kappa shape index (κ3) is 4.03. The van der Waals surface area contributed by atoms with Gasteiger partial charge in [0.25, 0.3) is 0 Å². The molecule has 8 heteroatoms. The fraction of sp³-hybridized carbons (Fsp3) is 0.231. The number of carboxylic acids is 1. The molecule has 0 atom stereocenters. The SMILES string of the molecule is O=C(Cc1ccccc1O)NCCn1cc(C(=O)O)nn1. The van der Waals surface area contributed by atoms with E-state index in [0.717, 1.165) is 0 Å². The smallest absolute Gasteiger partial charge is 0.358 e. The number of aromatic hydroxyl groups is 1. The zero-order valence-electron chi connectivity index (χ0n) is 11.1. The van der Waals surface area contributed by atoms with Crippen molar-refractivity contribution in [1.82, 2.24) is 20.3 Å². The highest BCUT2D eigenvalue weighted by Crippen LogP contribution is 2.15. The predicted molar refractivity (Wildman–Crippen MR) is 71.8 cm³/mol. The standard InChI is InChI=1S/C13H14N4O4/c18-11-4-2-1-3-9(11)7-12(19)14-5-6-17-8-10(13(20)21)15-16-17/h1-4,8,18H,5-7H2,(H,14,19)(H,20,21). The summed E-state index contributed by atoms with van der Waals surface area (Å²) in [5.74, 6) is -1.31. The minimum absolute atomic E-state index is 0.0738. The number of nitrogens with one attached hydrogen (secondary N) is 1. The second-order valence-electron chi connectivity index (χ2n) is 4.33. The number of para-hydroxylation sites is 1. The first-order chi connectivity index (χ1) is 10.1. The average Bonchev–Trinajstić information content (AvgIpc) is 2.90. The summed E-state index contributed by atoms with van der Waals surface area (Å²) in [6.45, 7) is 0.599. The molecule has 0 aliphatic heterocycles. The van der Waals surface area contributed by atoms with Gasteiger partial charge < -0.3 is 15.5 Å². The molecule has 1 heterocycles. The van der Waals surface area contributed by atoms with Crippen LogP contribution in [0.3, 0.4) is 0 Å². The van der Waals surface area contributed by atoms with E-state index in [9.17, 15) is 14.7 Å². The molecule has 1 amide bonds. The summed E-state index contributed by atoms with van der Waals surface area (Å²) < 4.78 is 1.34. The van der Waals surface area contributed by atoms with Crippen LogP contribution in [-0.4, -0.2) is 43.6 Å². The van der Waals surface area contributed by atoms with Crippen molar-refractivity contribution < 1.29 is 19.8 Å². The van der Waals surface area contributed by atoms with Crippen molar-refractivity contribution in [3.8, 4) is 5.75 Å². The lowest BCUT2D eigenvalue weighted by Gasteiger charge is -2.06. The van der Waals surface area contributed by atoms with Gasteiger partial charge in [-0.2, -0.15) is 0 Å². The number of hydrogen-bond donors (Lipinski definition) is 3. The normalized spacial score (nSPS) is 10.3. The molecule has 0 saturated carbocycles. The van der Waals surface area contributed by atoms with Gasteiger partial charge in [-0.05, 0) is 6.07 Å². The van der Waals surface area contributed by atoms with Crippen LogP contribution >= 0.6 is 0 Å². The van der Waals surface area contributed by atoms with Crippen LogP contribution in [0, 0.1) is 0 Å². The van der Waals surface area contributed by atoms with Crippen LogP contribution in [0.4, 0.5) is 0 Å². The Morgan fingerprint density at radius 3 is 2.71 bits per heavy atom. The van der Waals surface area contributed by atoms with Crippen molar-refractivity contribution >= 4 is 11.9 Å². The third-order valence-electron chi connectivity index (χ3n) is 2.76. The summed E-state index contributed by atoms with van der Waals surface area (Å²) in [4.78, 5) is 22.3. The molecule has 2 rings (SSSR count). The third-order valence-corrected chi connectivity index (χ3v) is 2.76. The quantitative estimate of drug-likeness (QED) is 0.691. The van der Waals surface area contributed by atoms with E-state index < -0.39 is 5.97 Å². The Morgan fingerprint density at radius 1 is 1.29 bits per heavy atom. The minimum Gasteiger partial charge on any atom is -0.508 e. The molecule has 0 unspecified atom stereocenters. The molecule has 0 saturated heterocycles. The molecule has 0 bridgehead atoms. The lowest BCUT2D eigenvalue weighted by Crippen LogP contribution is -2.28. The largest absolute Gasteiger partial charge is 0.508 e. The van der Waals surface area contributed by atoms with Gasteiger partial charge >= 0.3 is 5.97 Å². The molecule has 0 aliphatic carbocycles. The highest BCUT2D eigenvalue weighted by molar-refractivity contribution is 5.84. The van der Waals surface area contributed by atoms with E-state index in [1.165, 1.54) is 16.9 Å². The van der Waals surface area contributed by atoms with E-state index >= 15 is 0 Å². The van der Waals surface area contributed by atoms with Crippen molar-refractivity contribution in [3.63, 3.8) is 0 Å². The number of nitrogens with zero attached hydrogens (tertiary/aromatic N) is 3. The summed E-state index contributed by atoms with van der Waals surface area (Å²) in [5, 5.41) is 28.0. The monoisotopic (exact) mass is 290 g/mol. The first-order valence-corrected chi connectivity index (χ1v) is 6.23. The van der Waals surface area contributed by atoms with E-state index in [2.05, 4.69) is 15.6 Å². The van der Waals surface area contributed by atoms with Crippen LogP contribution in [0.25, 0.3) is 0 Å². The number of rotatable bonds is 6. The van der Waals surface area contributed by atoms with Crippen LogP contribution in [0.2, 0.25) is 0 Å². The summed E-state index contributed by atoms with van der Waals surface area (Å²) in [6.07, 6.45) is 1.36. The first kappa shape index (κ1) is 14.5.